The number of carbonyl (C=O) groups is 2. The van der Waals surface area contributed by atoms with Crippen molar-refractivity contribution in [2.24, 2.45) is 11.8 Å². The zero-order valence-electron chi connectivity index (χ0n) is 14.9. The lowest BCUT2D eigenvalue weighted by molar-refractivity contribution is -0.127. The second kappa shape index (κ2) is 11.8. The van der Waals surface area contributed by atoms with Crippen molar-refractivity contribution < 1.29 is 9.59 Å². The number of hydrogen-bond donors (Lipinski definition) is 0. The van der Waals surface area contributed by atoms with Crippen molar-refractivity contribution in [2.75, 3.05) is 0 Å². The van der Waals surface area contributed by atoms with Crippen LogP contribution in [0.15, 0.2) is 0 Å². The van der Waals surface area contributed by atoms with Crippen molar-refractivity contribution in [3.8, 4) is 0 Å². The van der Waals surface area contributed by atoms with E-state index in [4.69, 9.17) is 0 Å². The Morgan fingerprint density at radius 3 is 2.09 bits per heavy atom. The van der Waals surface area contributed by atoms with E-state index in [0.29, 0.717) is 25.0 Å². The van der Waals surface area contributed by atoms with Crippen molar-refractivity contribution >= 4 is 11.6 Å². The van der Waals surface area contributed by atoms with Crippen molar-refractivity contribution in [3.05, 3.63) is 0 Å². The second-order valence-electron chi connectivity index (χ2n) is 7.18. The number of carbonyl (C=O) groups excluding carboxylic acids is 2. The maximum Gasteiger partial charge on any atom is 0.136 e. The van der Waals surface area contributed by atoms with E-state index in [1.165, 1.54) is 51.4 Å². The molecule has 0 radical (unpaired) electrons. The van der Waals surface area contributed by atoms with E-state index in [-0.39, 0.29) is 11.7 Å². The van der Waals surface area contributed by atoms with Gasteiger partial charge in [0, 0.05) is 25.2 Å². The number of Topliss-reactive ketones (excluding diaryl/α,β-unsaturated/α-hetero) is 2. The van der Waals surface area contributed by atoms with Crippen LogP contribution in [-0.2, 0) is 9.59 Å². The SMILES string of the molecule is CCCCCCC[C@H]1CC[C@H](C(=O)CCC(=O)CCC)CC1. The molecule has 0 saturated heterocycles. The van der Waals surface area contributed by atoms with E-state index in [9.17, 15) is 9.59 Å². The molecular weight excluding hydrogens is 272 g/mol. The van der Waals surface area contributed by atoms with Gasteiger partial charge in [-0.1, -0.05) is 52.4 Å². The standard InChI is InChI=1S/C20H36O2/c1-3-5-6-7-8-10-17-11-13-18(14-12-17)20(22)16-15-19(21)9-4-2/h17-18H,3-16H2,1-2H3/t17-,18-. The molecule has 0 aromatic carbocycles. The third-order valence-electron chi connectivity index (χ3n) is 5.20. The lowest BCUT2D eigenvalue weighted by Crippen LogP contribution is -2.22. The highest BCUT2D eigenvalue weighted by atomic mass is 16.1. The summed E-state index contributed by atoms with van der Waals surface area (Å²) >= 11 is 0. The van der Waals surface area contributed by atoms with E-state index in [0.717, 1.165) is 25.2 Å². The summed E-state index contributed by atoms with van der Waals surface area (Å²) in [5.41, 5.74) is 0. The quantitative estimate of drug-likeness (QED) is 0.422. The highest BCUT2D eigenvalue weighted by Crippen LogP contribution is 2.33. The van der Waals surface area contributed by atoms with Crippen molar-refractivity contribution in [3.63, 3.8) is 0 Å². The first-order chi connectivity index (χ1) is 10.7. The Hall–Kier alpha value is -0.660. The molecule has 1 aliphatic rings. The van der Waals surface area contributed by atoms with Gasteiger partial charge in [0.25, 0.3) is 0 Å². The molecule has 0 atom stereocenters. The number of rotatable bonds is 12. The van der Waals surface area contributed by atoms with Gasteiger partial charge in [-0.15, -0.1) is 0 Å². The first-order valence-corrected chi connectivity index (χ1v) is 9.71. The number of unbranched alkanes of at least 4 members (excludes halogenated alkanes) is 4. The van der Waals surface area contributed by atoms with Gasteiger partial charge < -0.3 is 0 Å². The fraction of sp³-hybridized carbons (Fsp3) is 0.900. The summed E-state index contributed by atoms with van der Waals surface area (Å²) in [5, 5.41) is 0. The molecule has 1 aliphatic carbocycles. The van der Waals surface area contributed by atoms with E-state index in [1.807, 2.05) is 6.92 Å². The van der Waals surface area contributed by atoms with Gasteiger partial charge in [-0.25, -0.2) is 0 Å². The Morgan fingerprint density at radius 2 is 1.45 bits per heavy atom. The maximum absolute atomic E-state index is 12.2. The Kier molecular flexibility index (Phi) is 10.4. The molecule has 0 aromatic rings. The minimum atomic E-state index is 0.255. The van der Waals surface area contributed by atoms with Crippen LogP contribution in [0.2, 0.25) is 0 Å². The minimum absolute atomic E-state index is 0.255. The third-order valence-corrected chi connectivity index (χ3v) is 5.20. The molecule has 0 aromatic heterocycles. The number of ketones is 2. The van der Waals surface area contributed by atoms with Crippen molar-refractivity contribution in [1.82, 2.24) is 0 Å². The molecule has 128 valence electrons. The molecule has 0 heterocycles. The molecule has 1 rings (SSSR count). The zero-order valence-corrected chi connectivity index (χ0v) is 14.9. The van der Waals surface area contributed by atoms with Gasteiger partial charge >= 0.3 is 0 Å². The topological polar surface area (TPSA) is 34.1 Å². The summed E-state index contributed by atoms with van der Waals surface area (Å²) in [5.74, 6) is 1.72. The average Bonchev–Trinajstić information content (AvgIpc) is 2.53. The molecule has 2 nitrogen and oxygen atoms in total. The smallest absolute Gasteiger partial charge is 0.136 e. The van der Waals surface area contributed by atoms with Crippen LogP contribution in [0.25, 0.3) is 0 Å². The van der Waals surface area contributed by atoms with E-state index in [2.05, 4.69) is 6.92 Å². The van der Waals surface area contributed by atoms with Crippen LogP contribution in [0, 0.1) is 11.8 Å². The lowest BCUT2D eigenvalue weighted by atomic mass is 9.77. The van der Waals surface area contributed by atoms with Gasteiger partial charge in [-0.05, 0) is 38.0 Å². The lowest BCUT2D eigenvalue weighted by Gasteiger charge is -2.27. The van der Waals surface area contributed by atoms with Gasteiger partial charge in [-0.2, -0.15) is 0 Å². The molecule has 0 N–H and O–H groups in total. The molecule has 2 heteroatoms. The Morgan fingerprint density at radius 1 is 0.773 bits per heavy atom. The van der Waals surface area contributed by atoms with Crippen LogP contribution >= 0.6 is 0 Å². The summed E-state index contributed by atoms with van der Waals surface area (Å²) in [4.78, 5) is 23.7. The molecule has 0 aliphatic heterocycles. The molecule has 0 bridgehead atoms. The summed E-state index contributed by atoms with van der Waals surface area (Å²) < 4.78 is 0. The zero-order chi connectivity index (χ0) is 16.2. The summed E-state index contributed by atoms with van der Waals surface area (Å²) in [6.45, 7) is 4.28. The van der Waals surface area contributed by atoms with Gasteiger partial charge in [0.05, 0.1) is 0 Å². The Balaban J connectivity index is 2.11. The first-order valence-electron chi connectivity index (χ1n) is 9.71. The molecule has 0 unspecified atom stereocenters. The molecule has 22 heavy (non-hydrogen) atoms. The Labute approximate surface area is 137 Å². The maximum atomic E-state index is 12.2. The summed E-state index contributed by atoms with van der Waals surface area (Å²) in [6, 6.07) is 0. The van der Waals surface area contributed by atoms with Gasteiger partial charge in [0.2, 0.25) is 0 Å². The minimum Gasteiger partial charge on any atom is -0.300 e. The van der Waals surface area contributed by atoms with E-state index < -0.39 is 0 Å². The third kappa shape index (κ3) is 8.10. The van der Waals surface area contributed by atoms with Crippen LogP contribution < -0.4 is 0 Å². The number of hydrogen-bond acceptors (Lipinski definition) is 2. The summed E-state index contributed by atoms with van der Waals surface area (Å²) in [7, 11) is 0. The molecular formula is C20H36O2. The second-order valence-corrected chi connectivity index (χ2v) is 7.18. The van der Waals surface area contributed by atoms with Crippen molar-refractivity contribution in [1.29, 1.82) is 0 Å². The van der Waals surface area contributed by atoms with Gasteiger partial charge in [0.15, 0.2) is 0 Å². The van der Waals surface area contributed by atoms with Crippen LogP contribution in [0.3, 0.4) is 0 Å². The van der Waals surface area contributed by atoms with Gasteiger partial charge in [0.1, 0.15) is 11.6 Å². The average molecular weight is 309 g/mol. The fourth-order valence-electron chi connectivity index (χ4n) is 3.68. The van der Waals surface area contributed by atoms with E-state index in [1.54, 1.807) is 0 Å². The highest BCUT2D eigenvalue weighted by molar-refractivity contribution is 5.87. The fourth-order valence-corrected chi connectivity index (χ4v) is 3.68. The monoisotopic (exact) mass is 308 g/mol. The Bertz CT molecular complexity index is 314. The van der Waals surface area contributed by atoms with Gasteiger partial charge in [-0.3, -0.25) is 9.59 Å². The highest BCUT2D eigenvalue weighted by Gasteiger charge is 2.25. The van der Waals surface area contributed by atoms with Crippen LogP contribution in [0.4, 0.5) is 0 Å². The largest absolute Gasteiger partial charge is 0.300 e. The summed E-state index contributed by atoms with van der Waals surface area (Å²) in [6.07, 6.45) is 15.3. The normalized spacial score (nSPS) is 21.7. The molecule has 1 fully saturated rings. The van der Waals surface area contributed by atoms with Crippen molar-refractivity contribution in [2.45, 2.75) is 104 Å². The first kappa shape index (κ1) is 19.4. The predicted octanol–water partition coefficient (Wildman–Crippen LogP) is 5.87. The van der Waals surface area contributed by atoms with E-state index >= 15 is 0 Å². The van der Waals surface area contributed by atoms with Crippen LogP contribution in [0.1, 0.15) is 104 Å². The molecule has 1 saturated carbocycles. The van der Waals surface area contributed by atoms with Crippen LogP contribution in [0.5, 0.6) is 0 Å². The molecule has 0 amide bonds. The van der Waals surface area contributed by atoms with Crippen LogP contribution in [-0.4, -0.2) is 11.6 Å². The predicted molar refractivity (Wildman–Crippen MR) is 93.0 cm³/mol. The molecule has 0 spiro atoms.